The molecule has 2 N–H and O–H groups in total. The monoisotopic (exact) mass is 404 g/mol. The van der Waals surface area contributed by atoms with E-state index in [0.717, 1.165) is 28.0 Å². The number of amides is 2. The van der Waals surface area contributed by atoms with Gasteiger partial charge in [-0.15, -0.1) is 0 Å². The summed E-state index contributed by atoms with van der Waals surface area (Å²) in [5.74, 6) is 0.320. The fourth-order valence-electron chi connectivity index (χ4n) is 3.97. The van der Waals surface area contributed by atoms with E-state index < -0.39 is 6.09 Å². The Balaban J connectivity index is 1.31. The lowest BCUT2D eigenvalue weighted by Gasteiger charge is -2.39. The second-order valence-corrected chi connectivity index (χ2v) is 7.51. The van der Waals surface area contributed by atoms with Crippen molar-refractivity contribution in [2.75, 3.05) is 26.2 Å². The summed E-state index contributed by atoms with van der Waals surface area (Å²) in [5, 5.41) is 9.13. The lowest BCUT2D eigenvalue weighted by molar-refractivity contribution is 0.0586. The first kappa shape index (κ1) is 18.3. The Labute approximate surface area is 172 Å². The van der Waals surface area contributed by atoms with E-state index in [2.05, 4.69) is 19.9 Å². The molecule has 1 aromatic carbocycles. The van der Waals surface area contributed by atoms with Crippen molar-refractivity contribution in [3.05, 3.63) is 59.9 Å². The fraction of sp³-hybridized carbons (Fsp3) is 0.286. The summed E-state index contributed by atoms with van der Waals surface area (Å²) in [6.07, 6.45) is 4.91. The number of aromatic nitrogens is 4. The number of para-hydroxylation sites is 2. The van der Waals surface area contributed by atoms with E-state index in [9.17, 15) is 9.59 Å². The van der Waals surface area contributed by atoms with Gasteiger partial charge < -0.3 is 19.9 Å². The molecule has 2 amide bonds. The Morgan fingerprint density at radius 1 is 1.10 bits per heavy atom. The predicted molar refractivity (Wildman–Crippen MR) is 109 cm³/mol. The molecule has 0 radical (unpaired) electrons. The average Bonchev–Trinajstić information content (AvgIpc) is 3.17. The summed E-state index contributed by atoms with van der Waals surface area (Å²) in [4.78, 5) is 43.6. The van der Waals surface area contributed by atoms with Gasteiger partial charge in [0.15, 0.2) is 5.82 Å². The van der Waals surface area contributed by atoms with Crippen molar-refractivity contribution in [3.8, 4) is 0 Å². The molecule has 3 aromatic rings. The zero-order valence-corrected chi connectivity index (χ0v) is 16.2. The summed E-state index contributed by atoms with van der Waals surface area (Å²) in [7, 11) is 0. The van der Waals surface area contributed by atoms with Crippen LogP contribution in [0.15, 0.2) is 42.7 Å². The van der Waals surface area contributed by atoms with Crippen LogP contribution in [0.25, 0.3) is 16.6 Å². The Hall–Kier alpha value is -3.75. The molecule has 4 heterocycles. The van der Waals surface area contributed by atoms with Crippen molar-refractivity contribution >= 4 is 28.6 Å². The van der Waals surface area contributed by atoms with Gasteiger partial charge >= 0.3 is 6.09 Å². The molecule has 0 saturated carbocycles. The van der Waals surface area contributed by atoms with Gasteiger partial charge in [0, 0.05) is 44.5 Å². The minimum absolute atomic E-state index is 0.0976. The van der Waals surface area contributed by atoms with E-state index in [0.29, 0.717) is 38.4 Å². The highest BCUT2D eigenvalue weighted by Gasteiger charge is 2.36. The number of carbonyl (C=O) groups excluding carboxylic acids is 1. The van der Waals surface area contributed by atoms with Crippen LogP contribution in [0.4, 0.5) is 4.79 Å². The number of imidazole rings is 1. The Morgan fingerprint density at radius 2 is 1.90 bits per heavy atom. The molecule has 1 saturated heterocycles. The van der Waals surface area contributed by atoms with Crippen LogP contribution in [0.5, 0.6) is 0 Å². The minimum atomic E-state index is -0.914. The molecule has 0 unspecified atom stereocenters. The summed E-state index contributed by atoms with van der Waals surface area (Å²) >= 11 is 0. The Bertz CT molecular complexity index is 1130. The number of nitrogens with one attached hydrogen (secondary N) is 1. The maximum atomic E-state index is 12.8. The van der Waals surface area contributed by atoms with E-state index in [1.165, 1.54) is 4.90 Å². The molecule has 9 heteroatoms. The van der Waals surface area contributed by atoms with Crippen molar-refractivity contribution < 1.29 is 14.7 Å². The van der Waals surface area contributed by atoms with Crippen LogP contribution in [0, 0.1) is 0 Å². The molecule has 0 aliphatic carbocycles. The Morgan fingerprint density at radius 3 is 2.63 bits per heavy atom. The third-order valence-corrected chi connectivity index (χ3v) is 5.66. The molecule has 9 nitrogen and oxygen atoms in total. The summed E-state index contributed by atoms with van der Waals surface area (Å²) in [6, 6.07) is 7.56. The van der Waals surface area contributed by atoms with Gasteiger partial charge in [-0.2, -0.15) is 0 Å². The van der Waals surface area contributed by atoms with Crippen molar-refractivity contribution in [2.24, 2.45) is 0 Å². The normalized spacial score (nSPS) is 17.0. The average molecular weight is 404 g/mol. The standard InChI is InChI=1S/C21H20N6O3/c28-20(19-24-15-3-1-2-4-16(15)25-19)27-11-14(12-27)18-17(22-7-8-23-18)13-5-9-26(10-6-13)21(29)30/h1-5,7-8,14H,6,9-12H2,(H,24,25)(H,29,30). The SMILES string of the molecule is O=C(O)N1CC=C(c2nccnc2C2CN(C(=O)c3nc4ccccc4[nH]3)C2)CC1. The van der Waals surface area contributed by atoms with Crippen LogP contribution in [0.1, 0.15) is 34.3 Å². The molecule has 0 bridgehead atoms. The number of likely N-dealkylation sites (tertiary alicyclic amines) is 1. The van der Waals surface area contributed by atoms with Gasteiger partial charge in [-0.05, 0) is 24.1 Å². The highest BCUT2D eigenvalue weighted by molar-refractivity contribution is 5.94. The summed E-state index contributed by atoms with van der Waals surface area (Å²) < 4.78 is 0. The number of carbonyl (C=O) groups is 2. The lowest BCUT2D eigenvalue weighted by atomic mass is 9.90. The smallest absolute Gasteiger partial charge is 0.407 e. The number of rotatable bonds is 3. The first-order valence-electron chi connectivity index (χ1n) is 9.82. The van der Waals surface area contributed by atoms with Gasteiger partial charge in [-0.3, -0.25) is 14.8 Å². The lowest BCUT2D eigenvalue weighted by Crippen LogP contribution is -2.49. The van der Waals surface area contributed by atoms with Crippen molar-refractivity contribution in [3.63, 3.8) is 0 Å². The van der Waals surface area contributed by atoms with Gasteiger partial charge in [-0.1, -0.05) is 18.2 Å². The van der Waals surface area contributed by atoms with Crippen molar-refractivity contribution in [1.82, 2.24) is 29.7 Å². The van der Waals surface area contributed by atoms with Crippen LogP contribution in [0.2, 0.25) is 0 Å². The zero-order chi connectivity index (χ0) is 20.7. The topological polar surface area (TPSA) is 115 Å². The summed E-state index contributed by atoms with van der Waals surface area (Å²) in [5.41, 5.74) is 4.30. The van der Waals surface area contributed by atoms with Gasteiger partial charge in [-0.25, -0.2) is 9.78 Å². The third kappa shape index (κ3) is 3.18. The second-order valence-electron chi connectivity index (χ2n) is 7.51. The zero-order valence-electron chi connectivity index (χ0n) is 16.2. The number of carboxylic acid groups (broad SMARTS) is 1. The predicted octanol–water partition coefficient (Wildman–Crippen LogP) is 2.36. The summed E-state index contributed by atoms with van der Waals surface area (Å²) in [6.45, 7) is 1.90. The third-order valence-electron chi connectivity index (χ3n) is 5.66. The molecular formula is C21H20N6O3. The minimum Gasteiger partial charge on any atom is -0.465 e. The molecule has 1 fully saturated rings. The largest absolute Gasteiger partial charge is 0.465 e. The van der Waals surface area contributed by atoms with Crippen molar-refractivity contribution in [2.45, 2.75) is 12.3 Å². The molecular weight excluding hydrogens is 384 g/mol. The number of aromatic amines is 1. The molecule has 2 aliphatic heterocycles. The van der Waals surface area contributed by atoms with E-state index in [1.807, 2.05) is 30.3 Å². The molecule has 0 atom stereocenters. The molecule has 2 aliphatic rings. The van der Waals surface area contributed by atoms with Crippen LogP contribution in [-0.2, 0) is 0 Å². The highest BCUT2D eigenvalue weighted by atomic mass is 16.4. The maximum absolute atomic E-state index is 12.8. The molecule has 152 valence electrons. The highest BCUT2D eigenvalue weighted by Crippen LogP contribution is 2.32. The van der Waals surface area contributed by atoms with E-state index in [4.69, 9.17) is 5.11 Å². The van der Waals surface area contributed by atoms with E-state index in [1.54, 1.807) is 17.3 Å². The second kappa shape index (κ2) is 7.25. The molecule has 30 heavy (non-hydrogen) atoms. The number of nitrogens with zero attached hydrogens (tertiary/aromatic N) is 5. The van der Waals surface area contributed by atoms with E-state index >= 15 is 0 Å². The first-order chi connectivity index (χ1) is 14.6. The molecule has 2 aromatic heterocycles. The maximum Gasteiger partial charge on any atom is 0.407 e. The van der Waals surface area contributed by atoms with Gasteiger partial charge in [0.05, 0.1) is 22.4 Å². The van der Waals surface area contributed by atoms with E-state index in [-0.39, 0.29) is 11.8 Å². The number of H-pyrrole nitrogens is 1. The fourth-order valence-corrected chi connectivity index (χ4v) is 3.97. The van der Waals surface area contributed by atoms with Gasteiger partial charge in [0.2, 0.25) is 0 Å². The van der Waals surface area contributed by atoms with Crippen LogP contribution < -0.4 is 0 Å². The number of benzene rings is 1. The molecule has 5 rings (SSSR count). The van der Waals surface area contributed by atoms with Crippen LogP contribution in [-0.4, -0.2) is 73.0 Å². The van der Waals surface area contributed by atoms with Gasteiger partial charge in [0.25, 0.3) is 5.91 Å². The van der Waals surface area contributed by atoms with Gasteiger partial charge in [0.1, 0.15) is 0 Å². The van der Waals surface area contributed by atoms with Crippen molar-refractivity contribution in [1.29, 1.82) is 0 Å². The van der Waals surface area contributed by atoms with Crippen LogP contribution in [0.3, 0.4) is 0 Å². The van der Waals surface area contributed by atoms with Crippen LogP contribution >= 0.6 is 0 Å². The quantitative estimate of drug-likeness (QED) is 0.692. The number of fused-ring (bicyclic) bond motifs is 1. The number of hydrogen-bond donors (Lipinski definition) is 2. The molecule has 0 spiro atoms. The number of hydrogen-bond acceptors (Lipinski definition) is 5. The first-order valence-corrected chi connectivity index (χ1v) is 9.82. The Kier molecular flexibility index (Phi) is 4.42.